The van der Waals surface area contributed by atoms with Gasteiger partial charge in [0.2, 0.25) is 5.91 Å². The second-order valence-electron chi connectivity index (χ2n) is 6.03. The number of amides is 1. The first kappa shape index (κ1) is 14.3. The molecule has 3 rings (SSSR count). The van der Waals surface area contributed by atoms with Crippen LogP contribution >= 0.6 is 0 Å². The van der Waals surface area contributed by atoms with Gasteiger partial charge in [-0.2, -0.15) is 0 Å². The molecule has 1 amide bonds. The van der Waals surface area contributed by atoms with E-state index in [-0.39, 0.29) is 18.3 Å². The zero-order chi connectivity index (χ0) is 14.8. The van der Waals surface area contributed by atoms with Gasteiger partial charge >= 0.3 is 0 Å². The molecule has 2 fully saturated rings. The summed E-state index contributed by atoms with van der Waals surface area (Å²) in [5.41, 5.74) is 1.50. The molecule has 1 aromatic rings. The van der Waals surface area contributed by atoms with Gasteiger partial charge in [0.15, 0.2) is 0 Å². The Morgan fingerprint density at radius 3 is 2.86 bits per heavy atom. The van der Waals surface area contributed by atoms with Crippen molar-refractivity contribution >= 4 is 11.6 Å². The minimum atomic E-state index is -0.234. The van der Waals surface area contributed by atoms with E-state index < -0.39 is 0 Å². The highest BCUT2D eigenvalue weighted by atomic mass is 19.1. The molecule has 1 aliphatic heterocycles. The van der Waals surface area contributed by atoms with Crippen LogP contribution in [-0.2, 0) is 11.3 Å². The lowest BCUT2D eigenvalue weighted by atomic mass is 10.1. The van der Waals surface area contributed by atoms with Crippen LogP contribution < -0.4 is 10.2 Å². The number of likely N-dealkylation sites (N-methyl/N-ethyl adjacent to an activating group) is 1. The van der Waals surface area contributed by atoms with Gasteiger partial charge in [0.1, 0.15) is 5.82 Å². The van der Waals surface area contributed by atoms with Gasteiger partial charge in [0.05, 0.1) is 12.2 Å². The normalized spacial score (nSPS) is 19.8. The lowest BCUT2D eigenvalue weighted by Gasteiger charge is -2.22. The maximum absolute atomic E-state index is 14.3. The summed E-state index contributed by atoms with van der Waals surface area (Å²) in [5, 5.41) is 3.38. The van der Waals surface area contributed by atoms with E-state index in [9.17, 15) is 9.18 Å². The predicted molar refractivity (Wildman–Crippen MR) is 80.7 cm³/mol. The van der Waals surface area contributed by atoms with Gasteiger partial charge in [-0.1, -0.05) is 6.07 Å². The lowest BCUT2D eigenvalue weighted by Crippen LogP contribution is -2.34. The molecule has 1 heterocycles. The second kappa shape index (κ2) is 6.02. The Bertz CT molecular complexity index is 530. The lowest BCUT2D eigenvalue weighted by molar-refractivity contribution is -0.127. The van der Waals surface area contributed by atoms with Crippen LogP contribution in [-0.4, -0.2) is 43.5 Å². The van der Waals surface area contributed by atoms with E-state index in [0.717, 1.165) is 18.5 Å². The summed E-state index contributed by atoms with van der Waals surface area (Å²) >= 11 is 0. The van der Waals surface area contributed by atoms with E-state index in [4.69, 9.17) is 0 Å². The van der Waals surface area contributed by atoms with Crippen molar-refractivity contribution in [1.29, 1.82) is 0 Å². The molecule has 1 N–H and O–H groups in total. The van der Waals surface area contributed by atoms with E-state index in [2.05, 4.69) is 5.32 Å². The Labute approximate surface area is 124 Å². The summed E-state index contributed by atoms with van der Waals surface area (Å²) in [6.07, 6.45) is 3.32. The van der Waals surface area contributed by atoms with Crippen molar-refractivity contribution in [1.82, 2.24) is 10.2 Å². The van der Waals surface area contributed by atoms with Crippen LogP contribution in [0.15, 0.2) is 18.2 Å². The third kappa shape index (κ3) is 3.53. The largest absolute Gasteiger partial charge is 0.360 e. The van der Waals surface area contributed by atoms with Gasteiger partial charge in [-0.25, -0.2) is 4.39 Å². The topological polar surface area (TPSA) is 35.6 Å². The number of benzene rings is 1. The van der Waals surface area contributed by atoms with Crippen LogP contribution in [0.4, 0.5) is 10.1 Å². The molecular weight excluding hydrogens is 269 g/mol. The molecule has 0 atom stereocenters. The molecule has 1 aliphatic carbocycles. The van der Waals surface area contributed by atoms with E-state index in [0.29, 0.717) is 24.8 Å². The van der Waals surface area contributed by atoms with Crippen molar-refractivity contribution < 1.29 is 9.18 Å². The Kier molecular flexibility index (Phi) is 4.10. The Hall–Kier alpha value is -1.62. The molecule has 0 radical (unpaired) electrons. The number of hydrogen-bond acceptors (Lipinski definition) is 3. The maximum atomic E-state index is 14.3. The standard InChI is InChI=1S/C16H22FN3O/c1-19-7-2-8-20(11-16(19)21)15-6-3-12(9-14(15)17)10-18-13-4-5-13/h3,6,9,13,18H,2,4-5,7-8,10-11H2,1H3. The van der Waals surface area contributed by atoms with Crippen molar-refractivity contribution in [3.8, 4) is 0 Å². The van der Waals surface area contributed by atoms with Crippen molar-refractivity contribution in [2.75, 3.05) is 31.6 Å². The Morgan fingerprint density at radius 2 is 2.14 bits per heavy atom. The first-order valence-electron chi connectivity index (χ1n) is 7.64. The molecule has 0 bridgehead atoms. The highest BCUT2D eigenvalue weighted by Crippen LogP contribution is 2.23. The highest BCUT2D eigenvalue weighted by Gasteiger charge is 2.22. The minimum absolute atomic E-state index is 0.0476. The molecule has 0 spiro atoms. The van der Waals surface area contributed by atoms with Crippen molar-refractivity contribution in [3.05, 3.63) is 29.6 Å². The van der Waals surface area contributed by atoms with Gasteiger partial charge in [0.25, 0.3) is 0 Å². The summed E-state index contributed by atoms with van der Waals surface area (Å²) in [4.78, 5) is 15.5. The summed E-state index contributed by atoms with van der Waals surface area (Å²) < 4.78 is 14.3. The van der Waals surface area contributed by atoms with Crippen LogP contribution in [0.1, 0.15) is 24.8 Å². The molecule has 114 valence electrons. The Morgan fingerprint density at radius 1 is 1.33 bits per heavy atom. The first-order valence-corrected chi connectivity index (χ1v) is 7.64. The van der Waals surface area contributed by atoms with Gasteiger partial charge < -0.3 is 15.1 Å². The Balaban J connectivity index is 1.70. The summed E-state index contributed by atoms with van der Waals surface area (Å²) in [5.74, 6) is -0.186. The van der Waals surface area contributed by atoms with Crippen LogP contribution in [0.3, 0.4) is 0 Å². The van der Waals surface area contributed by atoms with E-state index >= 15 is 0 Å². The fourth-order valence-corrected chi connectivity index (χ4v) is 2.66. The molecule has 0 unspecified atom stereocenters. The first-order chi connectivity index (χ1) is 10.1. The molecule has 1 saturated heterocycles. The fourth-order valence-electron chi connectivity index (χ4n) is 2.66. The molecule has 5 heteroatoms. The average Bonchev–Trinajstić information content (AvgIpc) is 3.28. The number of anilines is 1. The molecule has 0 aromatic heterocycles. The number of hydrogen-bond donors (Lipinski definition) is 1. The highest BCUT2D eigenvalue weighted by molar-refractivity contribution is 5.81. The number of carbonyl (C=O) groups excluding carboxylic acids is 1. The second-order valence-corrected chi connectivity index (χ2v) is 6.03. The number of nitrogens with one attached hydrogen (secondary N) is 1. The van der Waals surface area contributed by atoms with Crippen molar-refractivity contribution in [2.24, 2.45) is 0 Å². The molecule has 1 saturated carbocycles. The SMILES string of the molecule is CN1CCCN(c2ccc(CNC3CC3)cc2F)CC1=O. The number of carbonyl (C=O) groups is 1. The summed E-state index contributed by atoms with van der Waals surface area (Å²) in [6.45, 7) is 2.42. The van der Waals surface area contributed by atoms with Gasteiger partial charge in [-0.15, -0.1) is 0 Å². The molecule has 4 nitrogen and oxygen atoms in total. The molecular formula is C16H22FN3O. The van der Waals surface area contributed by atoms with Gasteiger partial charge in [0, 0.05) is 32.7 Å². The maximum Gasteiger partial charge on any atom is 0.241 e. The molecule has 21 heavy (non-hydrogen) atoms. The van der Waals surface area contributed by atoms with Crippen molar-refractivity contribution in [3.63, 3.8) is 0 Å². The predicted octanol–water partition coefficient (Wildman–Crippen LogP) is 1.75. The van der Waals surface area contributed by atoms with Crippen LogP contribution in [0.5, 0.6) is 0 Å². The third-order valence-electron chi connectivity index (χ3n) is 4.20. The van der Waals surface area contributed by atoms with E-state index in [1.54, 1.807) is 24.1 Å². The monoisotopic (exact) mass is 291 g/mol. The molecule has 2 aliphatic rings. The number of halogens is 1. The van der Waals surface area contributed by atoms with Crippen molar-refractivity contribution in [2.45, 2.75) is 31.8 Å². The van der Waals surface area contributed by atoms with E-state index in [1.165, 1.54) is 12.8 Å². The number of nitrogens with zero attached hydrogens (tertiary/aromatic N) is 2. The van der Waals surface area contributed by atoms with Gasteiger partial charge in [-0.3, -0.25) is 4.79 Å². The summed E-state index contributed by atoms with van der Waals surface area (Å²) in [7, 11) is 1.80. The van der Waals surface area contributed by atoms with Crippen LogP contribution in [0.25, 0.3) is 0 Å². The fraction of sp³-hybridized carbons (Fsp3) is 0.562. The zero-order valence-corrected chi connectivity index (χ0v) is 12.4. The average molecular weight is 291 g/mol. The zero-order valence-electron chi connectivity index (χ0n) is 12.4. The smallest absolute Gasteiger partial charge is 0.241 e. The van der Waals surface area contributed by atoms with Crippen LogP contribution in [0, 0.1) is 5.82 Å². The third-order valence-corrected chi connectivity index (χ3v) is 4.20. The number of rotatable bonds is 4. The minimum Gasteiger partial charge on any atom is -0.360 e. The molecule has 1 aromatic carbocycles. The van der Waals surface area contributed by atoms with Gasteiger partial charge in [-0.05, 0) is 37.0 Å². The van der Waals surface area contributed by atoms with E-state index in [1.807, 2.05) is 11.0 Å². The summed E-state index contributed by atoms with van der Waals surface area (Å²) in [6, 6.07) is 5.96. The quantitative estimate of drug-likeness (QED) is 0.918. The van der Waals surface area contributed by atoms with Crippen LogP contribution in [0.2, 0.25) is 0 Å².